The lowest BCUT2D eigenvalue weighted by atomic mass is 10.1. The average Bonchev–Trinajstić information content (AvgIpc) is 2.96. The minimum Gasteiger partial charge on any atom is -0.468 e. The highest BCUT2D eigenvalue weighted by molar-refractivity contribution is 7.16. The Morgan fingerprint density at radius 1 is 1.23 bits per heavy atom. The van der Waals surface area contributed by atoms with Gasteiger partial charge in [0.05, 0.1) is 27.4 Å². The summed E-state index contributed by atoms with van der Waals surface area (Å²) < 4.78 is 7.06. The zero-order valence-electron chi connectivity index (χ0n) is 14.0. The van der Waals surface area contributed by atoms with E-state index in [-0.39, 0.29) is 6.54 Å². The molecule has 0 fully saturated rings. The predicted octanol–water partition coefficient (Wildman–Crippen LogP) is 4.23. The molecule has 2 aromatic carbocycles. The number of carbonyl (C=O) groups excluding carboxylic acids is 2. The van der Waals surface area contributed by atoms with Gasteiger partial charge in [0.15, 0.2) is 4.80 Å². The molecule has 8 heteroatoms. The van der Waals surface area contributed by atoms with Crippen LogP contribution in [0.15, 0.2) is 41.4 Å². The lowest BCUT2D eigenvalue weighted by molar-refractivity contribution is -0.141. The van der Waals surface area contributed by atoms with Crippen LogP contribution in [0.5, 0.6) is 0 Å². The van der Waals surface area contributed by atoms with Gasteiger partial charge in [-0.05, 0) is 31.2 Å². The summed E-state index contributed by atoms with van der Waals surface area (Å²) >= 11 is 13.7. The first-order valence-electron chi connectivity index (χ1n) is 7.60. The van der Waals surface area contributed by atoms with Gasteiger partial charge in [-0.3, -0.25) is 9.59 Å². The maximum absolute atomic E-state index is 12.6. The van der Waals surface area contributed by atoms with Crippen LogP contribution >= 0.6 is 34.5 Å². The Kier molecular flexibility index (Phi) is 5.46. The van der Waals surface area contributed by atoms with Gasteiger partial charge >= 0.3 is 5.97 Å². The summed E-state index contributed by atoms with van der Waals surface area (Å²) in [5.74, 6) is -0.883. The van der Waals surface area contributed by atoms with Crippen molar-refractivity contribution in [3.8, 4) is 0 Å². The molecule has 5 nitrogen and oxygen atoms in total. The maximum Gasteiger partial charge on any atom is 0.325 e. The number of halogens is 2. The molecule has 0 aliphatic carbocycles. The Labute approximate surface area is 163 Å². The number of esters is 1. The van der Waals surface area contributed by atoms with Gasteiger partial charge < -0.3 is 9.30 Å². The smallest absolute Gasteiger partial charge is 0.325 e. The molecule has 1 amide bonds. The normalized spacial score (nSPS) is 11.8. The topological polar surface area (TPSA) is 60.7 Å². The van der Waals surface area contributed by atoms with Crippen molar-refractivity contribution in [1.29, 1.82) is 0 Å². The molecule has 1 heterocycles. The summed E-state index contributed by atoms with van der Waals surface area (Å²) in [6.07, 6.45) is 0. The fraction of sp³-hybridized carbons (Fsp3) is 0.167. The Hall–Kier alpha value is -2.15. The predicted molar refractivity (Wildman–Crippen MR) is 103 cm³/mol. The van der Waals surface area contributed by atoms with Gasteiger partial charge in [-0.2, -0.15) is 4.99 Å². The van der Waals surface area contributed by atoms with Gasteiger partial charge in [0.2, 0.25) is 0 Å². The fourth-order valence-electron chi connectivity index (χ4n) is 2.46. The number of carbonyl (C=O) groups is 2. The highest BCUT2D eigenvalue weighted by atomic mass is 35.5. The first-order chi connectivity index (χ1) is 12.4. The molecular formula is C18H14Cl2N2O3S. The van der Waals surface area contributed by atoms with Gasteiger partial charge in [-0.15, -0.1) is 0 Å². The van der Waals surface area contributed by atoms with Crippen molar-refractivity contribution in [1.82, 2.24) is 4.57 Å². The lowest BCUT2D eigenvalue weighted by Gasteiger charge is -2.06. The lowest BCUT2D eigenvalue weighted by Crippen LogP contribution is -2.22. The van der Waals surface area contributed by atoms with Crippen LogP contribution in [-0.4, -0.2) is 23.6 Å². The van der Waals surface area contributed by atoms with Gasteiger partial charge in [0, 0.05) is 5.56 Å². The number of aromatic nitrogens is 1. The number of aryl methyl sites for hydroxylation is 1. The van der Waals surface area contributed by atoms with E-state index >= 15 is 0 Å². The van der Waals surface area contributed by atoms with Crippen LogP contribution in [0.4, 0.5) is 0 Å². The maximum atomic E-state index is 12.6. The molecule has 0 unspecified atom stereocenters. The first-order valence-corrected chi connectivity index (χ1v) is 9.18. The number of thiazole rings is 1. The third kappa shape index (κ3) is 3.67. The third-order valence-corrected chi connectivity index (χ3v) is 5.55. The quantitative estimate of drug-likeness (QED) is 0.609. The molecular weight excluding hydrogens is 395 g/mol. The summed E-state index contributed by atoms with van der Waals surface area (Å²) in [7, 11) is 1.29. The molecule has 0 radical (unpaired) electrons. The molecule has 0 aliphatic heterocycles. The number of benzene rings is 2. The van der Waals surface area contributed by atoms with Crippen molar-refractivity contribution in [2.24, 2.45) is 4.99 Å². The highest BCUT2D eigenvalue weighted by Gasteiger charge is 2.16. The molecule has 0 spiro atoms. The molecule has 3 rings (SSSR count). The molecule has 1 aromatic heterocycles. The average molecular weight is 409 g/mol. The molecule has 26 heavy (non-hydrogen) atoms. The van der Waals surface area contributed by atoms with Crippen molar-refractivity contribution in [2.75, 3.05) is 7.11 Å². The first kappa shape index (κ1) is 18.6. The van der Waals surface area contributed by atoms with E-state index < -0.39 is 11.9 Å². The Morgan fingerprint density at radius 2 is 2.00 bits per heavy atom. The second kappa shape index (κ2) is 7.61. The van der Waals surface area contributed by atoms with E-state index in [2.05, 4.69) is 4.99 Å². The number of amides is 1. The molecule has 134 valence electrons. The van der Waals surface area contributed by atoms with E-state index in [0.717, 1.165) is 10.3 Å². The molecule has 0 saturated carbocycles. The SMILES string of the molecule is COC(=O)Cn1c(=NC(=O)c2cccc(C)c2)sc2ccc(Cl)c(Cl)c21. The van der Waals surface area contributed by atoms with E-state index in [1.807, 2.05) is 13.0 Å². The summed E-state index contributed by atoms with van der Waals surface area (Å²) in [6, 6.07) is 10.6. The van der Waals surface area contributed by atoms with E-state index in [4.69, 9.17) is 27.9 Å². The van der Waals surface area contributed by atoms with Gasteiger partial charge in [-0.1, -0.05) is 52.2 Å². The number of methoxy groups -OCH3 is 1. The number of nitrogens with zero attached hydrogens (tertiary/aromatic N) is 2. The van der Waals surface area contributed by atoms with E-state index in [1.54, 1.807) is 34.9 Å². The van der Waals surface area contributed by atoms with Crippen molar-refractivity contribution in [3.05, 3.63) is 62.4 Å². The second-order valence-corrected chi connectivity index (χ2v) is 7.34. The van der Waals surface area contributed by atoms with Crippen molar-refractivity contribution >= 4 is 56.6 Å². The zero-order valence-corrected chi connectivity index (χ0v) is 16.3. The van der Waals surface area contributed by atoms with Gasteiger partial charge in [0.1, 0.15) is 6.54 Å². The van der Waals surface area contributed by atoms with Crippen LogP contribution in [0.2, 0.25) is 10.0 Å². The van der Waals surface area contributed by atoms with Crippen molar-refractivity contribution in [2.45, 2.75) is 13.5 Å². The van der Waals surface area contributed by atoms with Crippen LogP contribution in [0, 0.1) is 6.92 Å². The van der Waals surface area contributed by atoms with E-state index in [1.165, 1.54) is 18.4 Å². The highest BCUT2D eigenvalue weighted by Crippen LogP contribution is 2.32. The summed E-state index contributed by atoms with van der Waals surface area (Å²) in [6.45, 7) is 1.77. The van der Waals surface area contributed by atoms with Crippen LogP contribution in [0.3, 0.4) is 0 Å². The van der Waals surface area contributed by atoms with E-state index in [0.29, 0.717) is 25.9 Å². The summed E-state index contributed by atoms with van der Waals surface area (Å²) in [5, 5.41) is 0.654. The molecule has 0 aliphatic rings. The fourth-order valence-corrected chi connectivity index (χ4v) is 3.97. The Balaban J connectivity index is 2.21. The van der Waals surface area contributed by atoms with Gasteiger partial charge in [0.25, 0.3) is 5.91 Å². The molecule has 0 saturated heterocycles. The number of fused-ring (bicyclic) bond motifs is 1. The van der Waals surface area contributed by atoms with Crippen LogP contribution in [0.25, 0.3) is 10.2 Å². The molecule has 0 atom stereocenters. The number of hydrogen-bond acceptors (Lipinski definition) is 4. The van der Waals surface area contributed by atoms with Gasteiger partial charge in [-0.25, -0.2) is 0 Å². The minimum absolute atomic E-state index is 0.128. The zero-order chi connectivity index (χ0) is 18.8. The third-order valence-electron chi connectivity index (χ3n) is 3.71. The van der Waals surface area contributed by atoms with Crippen molar-refractivity contribution in [3.63, 3.8) is 0 Å². The summed E-state index contributed by atoms with van der Waals surface area (Å²) in [4.78, 5) is 28.9. The number of rotatable bonds is 3. The second-order valence-electron chi connectivity index (χ2n) is 5.54. The Morgan fingerprint density at radius 3 is 2.69 bits per heavy atom. The Bertz CT molecular complexity index is 1090. The monoisotopic (exact) mass is 408 g/mol. The van der Waals surface area contributed by atoms with Crippen LogP contribution < -0.4 is 4.80 Å². The van der Waals surface area contributed by atoms with Crippen molar-refractivity contribution < 1.29 is 14.3 Å². The van der Waals surface area contributed by atoms with E-state index in [9.17, 15) is 9.59 Å². The molecule has 3 aromatic rings. The standard InChI is InChI=1S/C18H14Cl2N2O3S/c1-10-4-3-5-11(8-10)17(24)21-18-22(9-14(23)25-2)16-13(26-18)7-6-12(19)15(16)20/h3-8H,9H2,1-2H3. The summed E-state index contributed by atoms with van der Waals surface area (Å²) in [5.41, 5.74) is 1.97. The number of hydrogen-bond donors (Lipinski definition) is 0. The van der Waals surface area contributed by atoms with Crippen LogP contribution in [0.1, 0.15) is 15.9 Å². The largest absolute Gasteiger partial charge is 0.468 e. The number of ether oxygens (including phenoxy) is 1. The van der Waals surface area contributed by atoms with Crippen LogP contribution in [-0.2, 0) is 16.1 Å². The molecule has 0 bridgehead atoms. The minimum atomic E-state index is -0.481. The molecule has 0 N–H and O–H groups in total.